The molecule has 352 valence electrons. The number of terminal acetylenes is 1. The van der Waals surface area contributed by atoms with Gasteiger partial charge in [-0.2, -0.15) is 8.42 Å². The second-order valence-corrected chi connectivity index (χ2v) is 21.2. The van der Waals surface area contributed by atoms with Gasteiger partial charge in [-0.3, -0.25) is 13.9 Å². The number of hydrogen-bond donors (Lipinski definition) is 3. The minimum absolute atomic E-state index is 0.0636. The largest absolute Gasteiger partial charge is 0.490 e. The molecule has 4 rings (SSSR count). The number of nitrogens with zero attached hydrogens (tertiary/aromatic N) is 1. The van der Waals surface area contributed by atoms with Crippen LogP contribution < -0.4 is 14.8 Å². The Morgan fingerprint density at radius 1 is 0.839 bits per heavy atom. The molecule has 0 spiro atoms. The third-order valence-electron chi connectivity index (χ3n) is 10.0. The summed E-state index contributed by atoms with van der Waals surface area (Å²) in [6, 6.07) is 9.10. The number of aliphatic hydroxyl groups is 2. The molecule has 62 heavy (non-hydrogen) atoms. The van der Waals surface area contributed by atoms with Crippen molar-refractivity contribution in [3.05, 3.63) is 70.3 Å². The highest BCUT2D eigenvalue weighted by Gasteiger charge is 2.37. The number of hydrogen-bond acceptors (Lipinski definition) is 10. The zero-order chi connectivity index (χ0) is 47.7. The number of aliphatic hydroxyl groups excluding tert-OH is 2. The molecule has 2 atom stereocenters. The minimum Gasteiger partial charge on any atom is -0.490 e. The van der Waals surface area contributed by atoms with Crippen LogP contribution in [0.5, 0.6) is 11.5 Å². The predicted octanol–water partition coefficient (Wildman–Crippen LogP) is 8.66. The van der Waals surface area contributed by atoms with Crippen LogP contribution in [0.2, 0.25) is 0 Å². The van der Waals surface area contributed by atoms with Crippen molar-refractivity contribution in [2.45, 2.75) is 170 Å². The molecule has 3 N–H and O–H groups in total. The van der Waals surface area contributed by atoms with Crippen LogP contribution in [-0.4, -0.2) is 104 Å². The fourth-order valence-electron chi connectivity index (χ4n) is 7.18. The SMILES string of the molecule is C#CCOCC(O)COc1c(C)cc(C2(c3cc(C)c(OCC(O)CC)c(C)c3)CCCCC2)cc1C.C=CC(=O)NC(C)(C)C.CC(C)(C)N1CC1.CC(C)(C)OS(C)(=O)=O. The number of rotatable bonds is 14. The van der Waals surface area contributed by atoms with Gasteiger partial charge in [-0.15, -0.1) is 6.42 Å². The van der Waals surface area contributed by atoms with Crippen molar-refractivity contribution in [3.8, 4) is 23.8 Å². The molecule has 2 unspecified atom stereocenters. The van der Waals surface area contributed by atoms with Crippen LogP contribution in [0.25, 0.3) is 0 Å². The van der Waals surface area contributed by atoms with Gasteiger partial charge in [0.15, 0.2) is 0 Å². The lowest BCUT2D eigenvalue weighted by Gasteiger charge is -2.40. The second-order valence-electron chi connectivity index (χ2n) is 19.6. The van der Waals surface area contributed by atoms with E-state index in [1.54, 1.807) is 20.8 Å². The van der Waals surface area contributed by atoms with Gasteiger partial charge < -0.3 is 29.7 Å². The molecule has 2 aliphatic rings. The maximum atomic E-state index is 10.6. The number of carbonyl (C=O) groups excluding carboxylic acids is 1. The smallest absolute Gasteiger partial charge is 0.264 e. The van der Waals surface area contributed by atoms with Crippen LogP contribution in [0.1, 0.15) is 141 Å². The topological polar surface area (TPSA) is 144 Å². The van der Waals surface area contributed by atoms with Gasteiger partial charge in [-0.25, -0.2) is 0 Å². The summed E-state index contributed by atoms with van der Waals surface area (Å²) in [5, 5.41) is 22.9. The van der Waals surface area contributed by atoms with Gasteiger partial charge >= 0.3 is 0 Å². The van der Waals surface area contributed by atoms with Crippen molar-refractivity contribution in [1.29, 1.82) is 0 Å². The Labute approximate surface area is 376 Å². The van der Waals surface area contributed by atoms with Gasteiger partial charge in [0, 0.05) is 29.6 Å². The monoisotopic (exact) mass is 887 g/mol. The maximum Gasteiger partial charge on any atom is 0.264 e. The summed E-state index contributed by atoms with van der Waals surface area (Å²) >= 11 is 0. The zero-order valence-corrected chi connectivity index (χ0v) is 41.7. The van der Waals surface area contributed by atoms with Gasteiger partial charge in [0.2, 0.25) is 5.91 Å². The standard InChI is InChI=1S/C32H44O5.C7H13NO.C6H13N.C5H12O3S/c1-7-14-35-19-29(34)21-37-31-24(5)17-27(18-25(31)6)32(12-10-9-11-13-32)26-15-22(3)30(23(4)16-26)36-20-28(33)8-2;1-5-6(9)8-7(2,3)4;1-6(2,3)7-4-5-7;1-5(2,3)8-9(4,6)7/h1,15-18,28-29,33-34H,8-14,19-21H2,2-6H3;5H,1H2,2-4H3,(H,8,9);4-5H2,1-3H3;1-4H3. The van der Waals surface area contributed by atoms with E-state index < -0.39 is 27.9 Å². The molecule has 1 aliphatic heterocycles. The van der Waals surface area contributed by atoms with E-state index in [9.17, 15) is 23.4 Å². The molecule has 2 aromatic rings. The van der Waals surface area contributed by atoms with Gasteiger partial charge in [0.1, 0.15) is 37.4 Å². The third-order valence-corrected chi connectivity index (χ3v) is 10.8. The molecule has 2 aromatic carbocycles. The van der Waals surface area contributed by atoms with Crippen LogP contribution in [0.3, 0.4) is 0 Å². The van der Waals surface area contributed by atoms with Gasteiger partial charge in [-0.1, -0.05) is 63.0 Å². The highest BCUT2D eigenvalue weighted by atomic mass is 32.2. The molecule has 0 radical (unpaired) electrons. The molecular weight excluding hydrogens is 805 g/mol. The highest BCUT2D eigenvalue weighted by molar-refractivity contribution is 7.86. The molecule has 1 aliphatic carbocycles. The Kier molecular flexibility index (Phi) is 23.0. The summed E-state index contributed by atoms with van der Waals surface area (Å²) in [5.74, 6) is 3.97. The summed E-state index contributed by atoms with van der Waals surface area (Å²) in [6.45, 7) is 34.7. The van der Waals surface area contributed by atoms with Crippen molar-refractivity contribution >= 4 is 16.0 Å². The Bertz CT molecular complexity index is 1810. The van der Waals surface area contributed by atoms with Crippen LogP contribution in [0, 0.1) is 40.0 Å². The lowest BCUT2D eigenvalue weighted by molar-refractivity contribution is -0.117. The molecule has 1 heterocycles. The summed E-state index contributed by atoms with van der Waals surface area (Å²) in [6.07, 6.45) is 12.8. The van der Waals surface area contributed by atoms with Crippen molar-refractivity contribution in [3.63, 3.8) is 0 Å². The zero-order valence-electron chi connectivity index (χ0n) is 40.9. The van der Waals surface area contributed by atoms with Crippen LogP contribution in [0.4, 0.5) is 0 Å². The lowest BCUT2D eigenvalue weighted by atomic mass is 9.64. The van der Waals surface area contributed by atoms with E-state index in [2.05, 4.69) is 99.6 Å². The lowest BCUT2D eigenvalue weighted by Crippen LogP contribution is -2.39. The fourth-order valence-corrected chi connectivity index (χ4v) is 8.09. The molecule has 0 bridgehead atoms. The number of carbonyl (C=O) groups is 1. The number of amides is 1. The van der Waals surface area contributed by atoms with Crippen LogP contribution in [0.15, 0.2) is 36.9 Å². The van der Waals surface area contributed by atoms with E-state index >= 15 is 0 Å². The van der Waals surface area contributed by atoms with E-state index in [-0.39, 0.29) is 36.7 Å². The van der Waals surface area contributed by atoms with Gasteiger partial charge in [-0.05, 0) is 149 Å². The Morgan fingerprint density at radius 3 is 1.55 bits per heavy atom. The first-order valence-electron chi connectivity index (χ1n) is 21.9. The Morgan fingerprint density at radius 2 is 1.27 bits per heavy atom. The number of ether oxygens (including phenoxy) is 3. The molecule has 0 aromatic heterocycles. The summed E-state index contributed by atoms with van der Waals surface area (Å²) in [7, 11) is -3.28. The van der Waals surface area contributed by atoms with Gasteiger partial charge in [0.05, 0.1) is 24.6 Å². The normalized spacial score (nSPS) is 16.0. The first kappa shape index (κ1) is 56.6. The van der Waals surface area contributed by atoms with Crippen LogP contribution in [-0.2, 0) is 29.2 Å². The average molecular weight is 887 g/mol. The number of aryl methyl sites for hydroxylation is 4. The van der Waals surface area contributed by atoms with E-state index in [0.717, 1.165) is 52.9 Å². The molecular formula is C50H82N2O9S. The van der Waals surface area contributed by atoms with Gasteiger partial charge in [0.25, 0.3) is 10.1 Å². The molecule has 12 heteroatoms. The van der Waals surface area contributed by atoms with E-state index in [4.69, 9.17) is 20.6 Å². The first-order chi connectivity index (χ1) is 28.5. The second kappa shape index (κ2) is 25.2. The van der Waals surface area contributed by atoms with Crippen molar-refractivity contribution in [2.24, 2.45) is 0 Å². The predicted molar refractivity (Wildman–Crippen MR) is 254 cm³/mol. The third kappa shape index (κ3) is 21.8. The number of benzene rings is 2. The van der Waals surface area contributed by atoms with E-state index in [1.165, 1.54) is 49.6 Å². The minimum atomic E-state index is -3.28. The molecule has 1 saturated heterocycles. The fraction of sp³-hybridized carbons (Fsp3) is 0.660. The van der Waals surface area contributed by atoms with Crippen molar-refractivity contribution in [2.75, 3.05) is 45.8 Å². The Balaban J connectivity index is 0.000000617. The van der Waals surface area contributed by atoms with E-state index in [0.29, 0.717) is 18.6 Å². The molecule has 2 fully saturated rings. The van der Waals surface area contributed by atoms with E-state index in [1.807, 2.05) is 27.7 Å². The molecule has 1 amide bonds. The Hall–Kier alpha value is -3.44. The summed E-state index contributed by atoms with van der Waals surface area (Å²) in [5.41, 5.74) is 6.64. The quantitative estimate of drug-likeness (QED) is 0.0555. The maximum absolute atomic E-state index is 10.6. The van der Waals surface area contributed by atoms with Crippen LogP contribution >= 0.6 is 0 Å². The van der Waals surface area contributed by atoms with Crippen molar-refractivity contribution in [1.82, 2.24) is 10.2 Å². The molecule has 1 saturated carbocycles. The molecule has 11 nitrogen and oxygen atoms in total. The number of nitrogens with one attached hydrogen (secondary N) is 1. The first-order valence-corrected chi connectivity index (χ1v) is 23.8. The van der Waals surface area contributed by atoms with Crippen molar-refractivity contribution < 1.29 is 41.8 Å². The average Bonchev–Trinajstić information content (AvgIpc) is 4.00. The highest BCUT2D eigenvalue weighted by Crippen LogP contribution is 2.48. The summed E-state index contributed by atoms with van der Waals surface area (Å²) in [4.78, 5) is 13.0. The summed E-state index contributed by atoms with van der Waals surface area (Å²) < 4.78 is 42.7.